The Morgan fingerprint density at radius 3 is 2.53 bits per heavy atom. The zero-order valence-electron chi connectivity index (χ0n) is 12.3. The Bertz CT molecular complexity index is 440. The molecule has 106 valence electrons. The first-order valence-electron chi connectivity index (χ1n) is 7.00. The summed E-state index contributed by atoms with van der Waals surface area (Å²) in [6.07, 6.45) is 0. The molecule has 1 aliphatic heterocycles. The van der Waals surface area contributed by atoms with Crippen LogP contribution in [0.5, 0.6) is 0 Å². The fourth-order valence-corrected chi connectivity index (χ4v) is 3.67. The quantitative estimate of drug-likeness (QED) is 0.894. The van der Waals surface area contributed by atoms with E-state index in [1.54, 1.807) is 0 Å². The van der Waals surface area contributed by atoms with E-state index in [9.17, 15) is 0 Å². The summed E-state index contributed by atoms with van der Waals surface area (Å²) in [5, 5.41) is 3.36. The van der Waals surface area contributed by atoms with Gasteiger partial charge in [0.05, 0.1) is 13.2 Å². The van der Waals surface area contributed by atoms with Crippen LogP contribution in [-0.2, 0) is 10.2 Å². The largest absolute Gasteiger partial charge is 0.379 e. The van der Waals surface area contributed by atoms with Gasteiger partial charge in [-0.3, -0.25) is 0 Å². The fraction of sp³-hybridized carbons (Fsp3) is 0.625. The second-order valence-corrected chi connectivity index (χ2v) is 6.93. The SMILES string of the molecule is CNCC(C(C)C)C1(c2cc(Br)ccc2C)COC1. The lowest BCUT2D eigenvalue weighted by Gasteiger charge is -2.50. The molecule has 3 heteroatoms. The number of benzene rings is 1. The third-order valence-corrected chi connectivity index (χ3v) is 4.89. The normalized spacial score (nSPS) is 19.3. The molecule has 1 N–H and O–H groups in total. The highest BCUT2D eigenvalue weighted by Crippen LogP contribution is 2.44. The maximum Gasteiger partial charge on any atom is 0.0589 e. The molecule has 1 heterocycles. The van der Waals surface area contributed by atoms with Crippen LogP contribution < -0.4 is 5.32 Å². The number of hydrogen-bond donors (Lipinski definition) is 1. The number of halogens is 1. The summed E-state index contributed by atoms with van der Waals surface area (Å²) in [6.45, 7) is 9.56. The van der Waals surface area contributed by atoms with Gasteiger partial charge >= 0.3 is 0 Å². The summed E-state index contributed by atoms with van der Waals surface area (Å²) in [6, 6.07) is 6.60. The molecule has 2 nitrogen and oxygen atoms in total. The molecule has 19 heavy (non-hydrogen) atoms. The molecule has 2 rings (SSSR count). The van der Waals surface area contributed by atoms with Gasteiger partial charge in [0.25, 0.3) is 0 Å². The van der Waals surface area contributed by atoms with Crippen molar-refractivity contribution in [2.24, 2.45) is 11.8 Å². The molecular weight excluding hydrogens is 302 g/mol. The van der Waals surface area contributed by atoms with Crippen LogP contribution in [0.25, 0.3) is 0 Å². The van der Waals surface area contributed by atoms with Gasteiger partial charge in [-0.2, -0.15) is 0 Å². The Labute approximate surface area is 125 Å². The van der Waals surface area contributed by atoms with Crippen molar-refractivity contribution < 1.29 is 4.74 Å². The topological polar surface area (TPSA) is 21.3 Å². The molecule has 0 aliphatic carbocycles. The number of ether oxygens (including phenoxy) is 1. The maximum absolute atomic E-state index is 5.62. The summed E-state index contributed by atoms with van der Waals surface area (Å²) in [7, 11) is 2.04. The third-order valence-electron chi connectivity index (χ3n) is 4.39. The molecule has 1 unspecified atom stereocenters. The average Bonchev–Trinajstić information content (AvgIpc) is 2.31. The van der Waals surface area contributed by atoms with Crippen LogP contribution in [0, 0.1) is 18.8 Å². The number of hydrogen-bond acceptors (Lipinski definition) is 2. The summed E-state index contributed by atoms with van der Waals surface area (Å²) < 4.78 is 6.78. The molecular formula is C16H24BrNO. The van der Waals surface area contributed by atoms with E-state index in [0.717, 1.165) is 24.2 Å². The molecule has 1 aromatic rings. The Kier molecular flexibility index (Phi) is 4.70. The lowest BCUT2D eigenvalue weighted by atomic mass is 9.63. The Balaban J connectivity index is 2.43. The zero-order valence-corrected chi connectivity index (χ0v) is 13.9. The van der Waals surface area contributed by atoms with Crippen LogP contribution in [0.4, 0.5) is 0 Å². The van der Waals surface area contributed by atoms with Gasteiger partial charge in [-0.1, -0.05) is 35.8 Å². The number of aryl methyl sites for hydroxylation is 1. The van der Waals surface area contributed by atoms with Crippen LogP contribution in [0.1, 0.15) is 25.0 Å². The van der Waals surface area contributed by atoms with Crippen molar-refractivity contribution in [3.8, 4) is 0 Å². The van der Waals surface area contributed by atoms with E-state index >= 15 is 0 Å². The molecule has 0 saturated carbocycles. The highest BCUT2D eigenvalue weighted by Gasteiger charge is 2.48. The van der Waals surface area contributed by atoms with Crippen molar-refractivity contribution in [1.82, 2.24) is 5.32 Å². The van der Waals surface area contributed by atoms with E-state index in [1.807, 2.05) is 7.05 Å². The van der Waals surface area contributed by atoms with Crippen LogP contribution >= 0.6 is 15.9 Å². The van der Waals surface area contributed by atoms with Crippen LogP contribution in [0.15, 0.2) is 22.7 Å². The predicted molar refractivity (Wildman–Crippen MR) is 83.6 cm³/mol. The first-order chi connectivity index (χ1) is 9.01. The third kappa shape index (κ3) is 2.74. The van der Waals surface area contributed by atoms with Gasteiger partial charge in [0, 0.05) is 9.89 Å². The molecule has 0 bridgehead atoms. The molecule has 1 aliphatic rings. The molecule has 0 aromatic heterocycles. The number of nitrogens with one attached hydrogen (secondary N) is 1. The summed E-state index contributed by atoms with van der Waals surface area (Å²) in [4.78, 5) is 0. The fourth-order valence-electron chi connectivity index (χ4n) is 3.31. The van der Waals surface area contributed by atoms with Crippen molar-refractivity contribution in [1.29, 1.82) is 0 Å². The van der Waals surface area contributed by atoms with Crippen molar-refractivity contribution in [2.45, 2.75) is 26.2 Å². The molecule has 0 spiro atoms. The Hall–Kier alpha value is -0.380. The summed E-state index contributed by atoms with van der Waals surface area (Å²) >= 11 is 3.61. The molecule has 0 radical (unpaired) electrons. The standard InChI is InChI=1S/C16H24BrNO/c1-11(2)15(8-18-4)16(9-19-10-16)14-7-13(17)6-5-12(14)3/h5-7,11,15,18H,8-10H2,1-4H3. The molecule has 1 fully saturated rings. The van der Waals surface area contributed by atoms with E-state index in [1.165, 1.54) is 11.1 Å². The molecule has 1 saturated heterocycles. The van der Waals surface area contributed by atoms with Crippen LogP contribution in [0.2, 0.25) is 0 Å². The minimum absolute atomic E-state index is 0.172. The van der Waals surface area contributed by atoms with Gasteiger partial charge in [-0.15, -0.1) is 0 Å². The lowest BCUT2D eigenvalue weighted by Crippen LogP contribution is -2.56. The second kappa shape index (κ2) is 5.94. The molecule has 1 aromatic carbocycles. The van der Waals surface area contributed by atoms with Gasteiger partial charge in [-0.05, 0) is 55.6 Å². The highest BCUT2D eigenvalue weighted by atomic mass is 79.9. The van der Waals surface area contributed by atoms with Gasteiger partial charge in [0.15, 0.2) is 0 Å². The van der Waals surface area contributed by atoms with E-state index < -0.39 is 0 Å². The van der Waals surface area contributed by atoms with Crippen LogP contribution in [-0.4, -0.2) is 26.8 Å². The van der Waals surface area contributed by atoms with Gasteiger partial charge < -0.3 is 10.1 Å². The molecule has 1 atom stereocenters. The van der Waals surface area contributed by atoms with Gasteiger partial charge in [0.1, 0.15) is 0 Å². The van der Waals surface area contributed by atoms with Crippen molar-refractivity contribution in [3.63, 3.8) is 0 Å². The average molecular weight is 326 g/mol. The zero-order chi connectivity index (χ0) is 14.0. The van der Waals surface area contributed by atoms with Gasteiger partial charge in [-0.25, -0.2) is 0 Å². The Morgan fingerprint density at radius 2 is 2.05 bits per heavy atom. The number of rotatable bonds is 5. The lowest BCUT2D eigenvalue weighted by molar-refractivity contribution is -0.0998. The van der Waals surface area contributed by atoms with E-state index in [0.29, 0.717) is 11.8 Å². The predicted octanol–water partition coefficient (Wildman–Crippen LogP) is 3.52. The van der Waals surface area contributed by atoms with Crippen molar-refractivity contribution >= 4 is 15.9 Å². The van der Waals surface area contributed by atoms with E-state index in [4.69, 9.17) is 4.74 Å². The summed E-state index contributed by atoms with van der Waals surface area (Å²) in [5.74, 6) is 1.23. The first-order valence-corrected chi connectivity index (χ1v) is 7.79. The monoisotopic (exact) mass is 325 g/mol. The smallest absolute Gasteiger partial charge is 0.0589 e. The maximum atomic E-state index is 5.62. The van der Waals surface area contributed by atoms with Crippen molar-refractivity contribution in [2.75, 3.05) is 26.8 Å². The van der Waals surface area contributed by atoms with Gasteiger partial charge in [0.2, 0.25) is 0 Å². The van der Waals surface area contributed by atoms with E-state index in [2.05, 4.69) is 60.2 Å². The van der Waals surface area contributed by atoms with Crippen molar-refractivity contribution in [3.05, 3.63) is 33.8 Å². The Morgan fingerprint density at radius 1 is 1.37 bits per heavy atom. The summed E-state index contributed by atoms with van der Waals surface area (Å²) in [5.41, 5.74) is 2.99. The van der Waals surface area contributed by atoms with Crippen LogP contribution in [0.3, 0.4) is 0 Å². The van der Waals surface area contributed by atoms with E-state index in [-0.39, 0.29) is 5.41 Å². The molecule has 0 amide bonds. The highest BCUT2D eigenvalue weighted by molar-refractivity contribution is 9.10. The minimum atomic E-state index is 0.172. The second-order valence-electron chi connectivity index (χ2n) is 6.02. The minimum Gasteiger partial charge on any atom is -0.379 e. The first kappa shape index (κ1) is 15.0.